The number of sulfonamides is 1. The van der Waals surface area contributed by atoms with Crippen LogP contribution in [0.1, 0.15) is 47.4 Å². The van der Waals surface area contributed by atoms with Crippen LogP contribution in [0, 0.1) is 5.82 Å². The van der Waals surface area contributed by atoms with Crippen molar-refractivity contribution in [2.75, 3.05) is 19.6 Å². The summed E-state index contributed by atoms with van der Waals surface area (Å²) in [6.45, 7) is 2.28. The SMILES string of the molecule is CCCN(CCC)S(=O)(=O)c1ccc(C(=O)N(CC(F)(F)F)C(=O)c2ccccc2F)cc1. The van der Waals surface area contributed by atoms with E-state index in [0.717, 1.165) is 36.4 Å². The smallest absolute Gasteiger partial charge is 0.269 e. The Labute approximate surface area is 189 Å². The van der Waals surface area contributed by atoms with E-state index in [-0.39, 0.29) is 28.4 Å². The van der Waals surface area contributed by atoms with Gasteiger partial charge in [-0.1, -0.05) is 26.0 Å². The Balaban J connectivity index is 2.39. The molecule has 0 radical (unpaired) electrons. The third kappa shape index (κ3) is 6.61. The standard InChI is InChI=1S/C22H24F4N2O4S/c1-3-13-27(14-4-2)33(31,32)17-11-9-16(10-12-17)20(29)28(15-22(24,25)26)21(30)18-7-5-6-8-19(18)23/h5-12H,3-4,13-15H2,1-2H3. The minimum atomic E-state index is -4.93. The topological polar surface area (TPSA) is 74.8 Å². The second-order valence-corrected chi connectivity index (χ2v) is 9.16. The zero-order valence-electron chi connectivity index (χ0n) is 18.1. The van der Waals surface area contributed by atoms with E-state index in [4.69, 9.17) is 0 Å². The number of halogens is 4. The van der Waals surface area contributed by atoms with E-state index in [2.05, 4.69) is 0 Å². The first-order valence-corrected chi connectivity index (χ1v) is 11.6. The van der Waals surface area contributed by atoms with E-state index in [1.54, 1.807) is 0 Å². The average molecular weight is 489 g/mol. The zero-order valence-corrected chi connectivity index (χ0v) is 18.9. The molecule has 11 heteroatoms. The van der Waals surface area contributed by atoms with Crippen molar-refractivity contribution in [2.45, 2.75) is 37.8 Å². The van der Waals surface area contributed by atoms with Crippen LogP contribution in [0.3, 0.4) is 0 Å². The van der Waals surface area contributed by atoms with Gasteiger partial charge in [0.05, 0.1) is 10.5 Å². The van der Waals surface area contributed by atoms with E-state index in [1.165, 1.54) is 16.4 Å². The minimum Gasteiger partial charge on any atom is -0.269 e. The van der Waals surface area contributed by atoms with Crippen LogP contribution in [0.4, 0.5) is 17.6 Å². The number of rotatable bonds is 9. The Morgan fingerprint density at radius 1 is 0.879 bits per heavy atom. The van der Waals surface area contributed by atoms with Gasteiger partial charge in [-0.3, -0.25) is 14.5 Å². The largest absolute Gasteiger partial charge is 0.406 e. The Kier molecular flexibility index (Phi) is 8.73. The van der Waals surface area contributed by atoms with Gasteiger partial charge in [0.15, 0.2) is 0 Å². The van der Waals surface area contributed by atoms with Gasteiger partial charge in [-0.05, 0) is 49.2 Å². The van der Waals surface area contributed by atoms with Crippen LogP contribution >= 0.6 is 0 Å². The molecule has 0 aliphatic heterocycles. The van der Waals surface area contributed by atoms with Crippen LogP contribution in [-0.4, -0.2) is 55.2 Å². The number of benzene rings is 2. The molecule has 33 heavy (non-hydrogen) atoms. The minimum absolute atomic E-state index is 0.109. The highest BCUT2D eigenvalue weighted by molar-refractivity contribution is 7.89. The Morgan fingerprint density at radius 2 is 1.42 bits per heavy atom. The molecule has 0 spiro atoms. The number of hydrogen-bond acceptors (Lipinski definition) is 4. The molecule has 0 aromatic heterocycles. The summed E-state index contributed by atoms with van der Waals surface area (Å²) in [5, 5.41) is 0. The van der Waals surface area contributed by atoms with Gasteiger partial charge in [0, 0.05) is 18.7 Å². The molecule has 2 amide bonds. The second-order valence-electron chi connectivity index (χ2n) is 7.22. The third-order valence-corrected chi connectivity index (χ3v) is 6.53. The van der Waals surface area contributed by atoms with Gasteiger partial charge in [0.1, 0.15) is 12.4 Å². The first-order valence-electron chi connectivity index (χ1n) is 10.2. The number of nitrogens with zero attached hydrogens (tertiary/aromatic N) is 2. The summed E-state index contributed by atoms with van der Waals surface area (Å²) < 4.78 is 80.2. The highest BCUT2D eigenvalue weighted by Gasteiger charge is 2.38. The van der Waals surface area contributed by atoms with Crippen LogP contribution in [0.15, 0.2) is 53.4 Å². The predicted molar refractivity (Wildman–Crippen MR) is 114 cm³/mol. The maximum absolute atomic E-state index is 14.0. The molecule has 0 N–H and O–H groups in total. The molecule has 2 aromatic carbocycles. The fourth-order valence-corrected chi connectivity index (χ4v) is 4.74. The van der Waals surface area contributed by atoms with Crippen LogP contribution in [0.5, 0.6) is 0 Å². The summed E-state index contributed by atoms with van der Waals surface area (Å²) in [5.41, 5.74) is -1.04. The van der Waals surface area contributed by atoms with Crippen molar-refractivity contribution < 1.29 is 35.6 Å². The van der Waals surface area contributed by atoms with Gasteiger partial charge in [-0.25, -0.2) is 12.8 Å². The van der Waals surface area contributed by atoms with Crippen molar-refractivity contribution in [3.63, 3.8) is 0 Å². The number of amides is 2. The molecule has 0 fully saturated rings. The molecule has 2 aromatic rings. The van der Waals surface area contributed by atoms with E-state index in [9.17, 15) is 35.6 Å². The lowest BCUT2D eigenvalue weighted by atomic mass is 10.1. The van der Waals surface area contributed by atoms with Crippen molar-refractivity contribution in [2.24, 2.45) is 0 Å². The van der Waals surface area contributed by atoms with E-state index >= 15 is 0 Å². The fraction of sp³-hybridized carbons (Fsp3) is 0.364. The molecule has 180 valence electrons. The summed E-state index contributed by atoms with van der Waals surface area (Å²) in [6, 6.07) is 8.63. The predicted octanol–water partition coefficient (Wildman–Crippen LogP) is 4.48. The van der Waals surface area contributed by atoms with E-state index in [0.29, 0.717) is 12.8 Å². The average Bonchev–Trinajstić information content (AvgIpc) is 2.76. The number of hydrogen-bond donors (Lipinski definition) is 0. The molecule has 0 saturated heterocycles. The monoisotopic (exact) mass is 488 g/mol. The molecular formula is C22H24F4N2O4S. The molecule has 0 aliphatic rings. The van der Waals surface area contributed by atoms with Gasteiger partial charge in [0.25, 0.3) is 11.8 Å². The number of carbonyl (C=O) groups excluding carboxylic acids is 2. The quantitative estimate of drug-likeness (QED) is 0.385. The van der Waals surface area contributed by atoms with Crippen molar-refractivity contribution in [3.05, 3.63) is 65.5 Å². The van der Waals surface area contributed by atoms with Gasteiger partial charge in [0.2, 0.25) is 10.0 Å². The van der Waals surface area contributed by atoms with Crippen LogP contribution in [-0.2, 0) is 10.0 Å². The van der Waals surface area contributed by atoms with Gasteiger partial charge in [-0.15, -0.1) is 0 Å². The summed E-state index contributed by atoms with van der Waals surface area (Å²) in [5.74, 6) is -3.86. The lowest BCUT2D eigenvalue weighted by molar-refractivity contribution is -0.136. The van der Waals surface area contributed by atoms with Crippen LogP contribution in [0.25, 0.3) is 0 Å². The number of alkyl halides is 3. The van der Waals surface area contributed by atoms with Crippen molar-refractivity contribution in [3.8, 4) is 0 Å². The van der Waals surface area contributed by atoms with Crippen molar-refractivity contribution >= 4 is 21.8 Å². The molecule has 0 atom stereocenters. The van der Waals surface area contributed by atoms with E-state index in [1.807, 2.05) is 13.8 Å². The second kappa shape index (κ2) is 10.9. The molecule has 2 rings (SSSR count). The maximum Gasteiger partial charge on any atom is 0.406 e. The summed E-state index contributed by atoms with van der Waals surface area (Å²) in [7, 11) is -3.87. The Hall–Kier alpha value is -2.79. The zero-order chi connectivity index (χ0) is 24.8. The first kappa shape index (κ1) is 26.5. The highest BCUT2D eigenvalue weighted by atomic mass is 32.2. The van der Waals surface area contributed by atoms with Crippen molar-refractivity contribution in [1.82, 2.24) is 9.21 Å². The summed E-state index contributed by atoms with van der Waals surface area (Å²) in [4.78, 5) is 25.1. The first-order chi connectivity index (χ1) is 15.4. The lowest BCUT2D eigenvalue weighted by Crippen LogP contribution is -2.43. The Bertz CT molecular complexity index is 1080. The fourth-order valence-electron chi connectivity index (χ4n) is 3.12. The third-order valence-electron chi connectivity index (χ3n) is 4.62. The molecule has 0 aliphatic carbocycles. The maximum atomic E-state index is 14.0. The number of imide groups is 1. The molecule has 6 nitrogen and oxygen atoms in total. The Morgan fingerprint density at radius 3 is 1.91 bits per heavy atom. The number of carbonyl (C=O) groups is 2. The van der Waals surface area contributed by atoms with Gasteiger partial charge < -0.3 is 0 Å². The molecule has 0 saturated carbocycles. The molecule has 0 heterocycles. The highest BCUT2D eigenvalue weighted by Crippen LogP contribution is 2.23. The molecular weight excluding hydrogens is 464 g/mol. The summed E-state index contributed by atoms with van der Waals surface area (Å²) in [6.07, 6.45) is -3.76. The molecule has 0 unspecified atom stereocenters. The summed E-state index contributed by atoms with van der Waals surface area (Å²) >= 11 is 0. The van der Waals surface area contributed by atoms with Crippen molar-refractivity contribution in [1.29, 1.82) is 0 Å². The lowest BCUT2D eigenvalue weighted by Gasteiger charge is -2.23. The van der Waals surface area contributed by atoms with Gasteiger partial charge >= 0.3 is 6.18 Å². The van der Waals surface area contributed by atoms with Crippen LogP contribution < -0.4 is 0 Å². The normalized spacial score (nSPS) is 12.1. The van der Waals surface area contributed by atoms with Crippen LogP contribution in [0.2, 0.25) is 0 Å². The molecule has 0 bridgehead atoms. The van der Waals surface area contributed by atoms with E-state index < -0.39 is 45.9 Å². The van der Waals surface area contributed by atoms with Gasteiger partial charge in [-0.2, -0.15) is 17.5 Å².